The molecule has 0 fully saturated rings. The molecule has 1 rings (SSSR count). The zero-order valence-electron chi connectivity index (χ0n) is 9.34. The van der Waals surface area contributed by atoms with Crippen LogP contribution in [0.3, 0.4) is 0 Å². The van der Waals surface area contributed by atoms with Crippen LogP contribution in [0.2, 0.25) is 0 Å². The number of rotatable bonds is 4. The van der Waals surface area contributed by atoms with Crippen LogP contribution in [-0.4, -0.2) is 32.8 Å². The fraction of sp³-hybridized carbons (Fsp3) is 0.455. The maximum absolute atomic E-state index is 11.4. The monoisotopic (exact) mass is 224 g/mol. The first-order valence-electron chi connectivity index (χ1n) is 4.98. The molecule has 5 nitrogen and oxygen atoms in total. The van der Waals surface area contributed by atoms with Gasteiger partial charge in [0.25, 0.3) is 5.91 Å². The minimum absolute atomic E-state index is 0.278. The van der Waals surface area contributed by atoms with Gasteiger partial charge in [-0.1, -0.05) is 6.07 Å². The summed E-state index contributed by atoms with van der Waals surface area (Å²) in [5.41, 5.74) is -0.613. The minimum Gasteiger partial charge on any atom is -0.387 e. The number of carbonyl (C=O) groups is 1. The van der Waals surface area contributed by atoms with Crippen molar-refractivity contribution in [2.45, 2.75) is 32.1 Å². The van der Waals surface area contributed by atoms with E-state index in [1.54, 1.807) is 18.5 Å². The van der Waals surface area contributed by atoms with E-state index in [0.29, 0.717) is 0 Å². The number of amides is 1. The molecule has 1 heterocycles. The highest BCUT2D eigenvalue weighted by Gasteiger charge is 2.30. The number of hydrogen-bond acceptors (Lipinski definition) is 4. The number of aromatic nitrogens is 1. The normalized spacial score (nSPS) is 13.2. The van der Waals surface area contributed by atoms with Crippen LogP contribution in [-0.2, 0) is 11.3 Å². The number of carbonyl (C=O) groups excluding carboxylic acids is 1. The number of pyridine rings is 1. The first-order valence-corrected chi connectivity index (χ1v) is 4.98. The van der Waals surface area contributed by atoms with Gasteiger partial charge in [0, 0.05) is 18.9 Å². The summed E-state index contributed by atoms with van der Waals surface area (Å²) in [4.78, 5) is 15.3. The van der Waals surface area contributed by atoms with E-state index in [9.17, 15) is 15.0 Å². The van der Waals surface area contributed by atoms with Gasteiger partial charge in [0.15, 0.2) is 6.10 Å². The third kappa shape index (κ3) is 3.60. The fourth-order valence-corrected chi connectivity index (χ4v) is 1.11. The average molecular weight is 224 g/mol. The van der Waals surface area contributed by atoms with Crippen molar-refractivity contribution in [3.63, 3.8) is 0 Å². The molecule has 88 valence electrons. The predicted octanol–water partition coefficient (Wildman–Crippen LogP) is -0.170. The van der Waals surface area contributed by atoms with Gasteiger partial charge in [-0.05, 0) is 25.5 Å². The molecule has 0 bridgehead atoms. The SMILES string of the molecule is CC(C)(O)C(O)C(=O)NCc1cccnc1. The standard InChI is InChI=1S/C11H16N2O3/c1-11(2,16)9(14)10(15)13-7-8-4-3-5-12-6-8/h3-6,9,14,16H,7H2,1-2H3,(H,13,15). The quantitative estimate of drug-likeness (QED) is 0.663. The van der Waals surface area contributed by atoms with Gasteiger partial charge >= 0.3 is 0 Å². The molecule has 1 amide bonds. The lowest BCUT2D eigenvalue weighted by atomic mass is 10.0. The number of aliphatic hydroxyl groups excluding tert-OH is 1. The van der Waals surface area contributed by atoms with E-state index in [2.05, 4.69) is 10.3 Å². The molecule has 1 unspecified atom stereocenters. The molecule has 1 aromatic rings. The molecule has 0 radical (unpaired) electrons. The van der Waals surface area contributed by atoms with E-state index in [0.717, 1.165) is 5.56 Å². The van der Waals surface area contributed by atoms with Crippen LogP contribution in [0.15, 0.2) is 24.5 Å². The summed E-state index contributed by atoms with van der Waals surface area (Å²) in [5, 5.41) is 21.4. The Hall–Kier alpha value is -1.46. The number of hydrogen-bond donors (Lipinski definition) is 3. The van der Waals surface area contributed by atoms with Crippen LogP contribution in [0.25, 0.3) is 0 Å². The summed E-state index contributed by atoms with van der Waals surface area (Å²) in [6.07, 6.45) is 1.82. The Balaban J connectivity index is 2.48. The Bertz CT molecular complexity index is 346. The van der Waals surface area contributed by atoms with Gasteiger partial charge < -0.3 is 15.5 Å². The summed E-state index contributed by atoms with van der Waals surface area (Å²) in [7, 11) is 0. The molecular formula is C11H16N2O3. The molecule has 0 aromatic carbocycles. The van der Waals surface area contributed by atoms with E-state index in [-0.39, 0.29) is 6.54 Å². The van der Waals surface area contributed by atoms with Crippen molar-refractivity contribution in [2.24, 2.45) is 0 Å². The van der Waals surface area contributed by atoms with Crippen molar-refractivity contribution >= 4 is 5.91 Å². The maximum Gasteiger partial charge on any atom is 0.252 e. The Morgan fingerprint density at radius 3 is 2.81 bits per heavy atom. The molecule has 5 heteroatoms. The van der Waals surface area contributed by atoms with Crippen LogP contribution in [0.1, 0.15) is 19.4 Å². The topological polar surface area (TPSA) is 82.5 Å². The lowest BCUT2D eigenvalue weighted by molar-refractivity contribution is -0.141. The van der Waals surface area contributed by atoms with E-state index in [4.69, 9.17) is 0 Å². The van der Waals surface area contributed by atoms with Crippen LogP contribution in [0.4, 0.5) is 0 Å². The molecule has 1 atom stereocenters. The van der Waals surface area contributed by atoms with Crippen molar-refractivity contribution in [1.82, 2.24) is 10.3 Å². The minimum atomic E-state index is -1.45. The van der Waals surface area contributed by atoms with Gasteiger partial charge in [0.1, 0.15) is 0 Å². The number of nitrogens with one attached hydrogen (secondary N) is 1. The average Bonchev–Trinajstić information content (AvgIpc) is 2.25. The van der Waals surface area contributed by atoms with Crippen molar-refractivity contribution in [3.05, 3.63) is 30.1 Å². The number of aliphatic hydroxyl groups is 2. The van der Waals surface area contributed by atoms with Crippen molar-refractivity contribution < 1.29 is 15.0 Å². The van der Waals surface area contributed by atoms with Crippen molar-refractivity contribution in [2.75, 3.05) is 0 Å². The third-order valence-electron chi connectivity index (χ3n) is 2.11. The molecule has 1 aromatic heterocycles. The summed E-state index contributed by atoms with van der Waals surface area (Å²) < 4.78 is 0. The van der Waals surface area contributed by atoms with Crippen LogP contribution in [0.5, 0.6) is 0 Å². The highest BCUT2D eigenvalue weighted by atomic mass is 16.3. The summed E-state index contributed by atoms with van der Waals surface area (Å²) in [5.74, 6) is -0.601. The maximum atomic E-state index is 11.4. The summed E-state index contributed by atoms with van der Waals surface area (Å²) in [6.45, 7) is 3.03. The Labute approximate surface area is 94.1 Å². The Morgan fingerprint density at radius 1 is 1.62 bits per heavy atom. The van der Waals surface area contributed by atoms with E-state index in [1.807, 2.05) is 6.07 Å². The second-order valence-corrected chi connectivity index (χ2v) is 4.14. The first-order chi connectivity index (χ1) is 7.41. The van der Waals surface area contributed by atoms with Crippen LogP contribution < -0.4 is 5.32 Å². The van der Waals surface area contributed by atoms with Gasteiger partial charge in [-0.2, -0.15) is 0 Å². The first kappa shape index (κ1) is 12.6. The molecule has 0 aliphatic carbocycles. The molecule has 0 saturated carbocycles. The van der Waals surface area contributed by atoms with Gasteiger partial charge in [-0.15, -0.1) is 0 Å². The molecule has 0 aliphatic rings. The smallest absolute Gasteiger partial charge is 0.252 e. The van der Waals surface area contributed by atoms with Crippen molar-refractivity contribution in [1.29, 1.82) is 0 Å². The van der Waals surface area contributed by atoms with Gasteiger partial charge in [0.05, 0.1) is 5.60 Å². The van der Waals surface area contributed by atoms with Gasteiger partial charge in [0.2, 0.25) is 0 Å². The third-order valence-corrected chi connectivity index (χ3v) is 2.11. The zero-order chi connectivity index (χ0) is 12.2. The molecular weight excluding hydrogens is 208 g/mol. The summed E-state index contributed by atoms with van der Waals surface area (Å²) >= 11 is 0. The fourth-order valence-electron chi connectivity index (χ4n) is 1.11. The number of nitrogens with zero attached hydrogens (tertiary/aromatic N) is 1. The van der Waals surface area contributed by atoms with E-state index >= 15 is 0 Å². The molecule has 0 spiro atoms. The van der Waals surface area contributed by atoms with Gasteiger partial charge in [-0.25, -0.2) is 0 Å². The molecule has 16 heavy (non-hydrogen) atoms. The van der Waals surface area contributed by atoms with E-state index in [1.165, 1.54) is 13.8 Å². The van der Waals surface area contributed by atoms with E-state index < -0.39 is 17.6 Å². The van der Waals surface area contributed by atoms with Crippen molar-refractivity contribution in [3.8, 4) is 0 Å². The Morgan fingerprint density at radius 2 is 2.31 bits per heavy atom. The lowest BCUT2D eigenvalue weighted by Crippen LogP contribution is -2.47. The molecule has 0 saturated heterocycles. The molecule has 3 N–H and O–H groups in total. The molecule has 0 aliphatic heterocycles. The zero-order valence-corrected chi connectivity index (χ0v) is 9.34. The highest BCUT2D eigenvalue weighted by Crippen LogP contribution is 2.08. The Kier molecular flexibility index (Phi) is 3.98. The largest absolute Gasteiger partial charge is 0.387 e. The summed E-state index contributed by atoms with van der Waals surface area (Å²) in [6, 6.07) is 3.57. The van der Waals surface area contributed by atoms with Crippen LogP contribution in [0, 0.1) is 0 Å². The predicted molar refractivity (Wildman–Crippen MR) is 58.4 cm³/mol. The second-order valence-electron chi connectivity index (χ2n) is 4.14. The van der Waals surface area contributed by atoms with Gasteiger partial charge in [-0.3, -0.25) is 9.78 Å². The lowest BCUT2D eigenvalue weighted by Gasteiger charge is -2.23. The highest BCUT2D eigenvalue weighted by molar-refractivity contribution is 5.81. The van der Waals surface area contributed by atoms with Crippen LogP contribution >= 0.6 is 0 Å². The second kappa shape index (κ2) is 5.05.